The summed E-state index contributed by atoms with van der Waals surface area (Å²) in [5, 5.41) is 2.55. The zero-order chi connectivity index (χ0) is 15.1. The van der Waals surface area contributed by atoms with E-state index in [-0.39, 0.29) is 6.04 Å². The summed E-state index contributed by atoms with van der Waals surface area (Å²) in [7, 11) is 0. The van der Waals surface area contributed by atoms with Crippen molar-refractivity contribution < 1.29 is 0 Å². The summed E-state index contributed by atoms with van der Waals surface area (Å²) in [4.78, 5) is 0. The molecule has 2 N–H and O–H groups in total. The molecular weight excluding hydrogens is 266 g/mol. The van der Waals surface area contributed by atoms with Crippen LogP contribution in [0.4, 0.5) is 0 Å². The van der Waals surface area contributed by atoms with Gasteiger partial charge in [0.25, 0.3) is 0 Å². The first-order valence-electron chi connectivity index (χ1n) is 7.80. The second-order valence-corrected chi connectivity index (χ2v) is 6.08. The predicted molar refractivity (Wildman–Crippen MR) is 94.5 cm³/mol. The zero-order valence-electron chi connectivity index (χ0n) is 12.7. The Hall–Kier alpha value is -2.38. The van der Waals surface area contributed by atoms with Gasteiger partial charge in [0.05, 0.1) is 0 Å². The van der Waals surface area contributed by atoms with Crippen molar-refractivity contribution in [3.63, 3.8) is 0 Å². The van der Waals surface area contributed by atoms with Gasteiger partial charge in [0.15, 0.2) is 0 Å². The summed E-state index contributed by atoms with van der Waals surface area (Å²) < 4.78 is 0. The lowest BCUT2D eigenvalue weighted by molar-refractivity contribution is 0.563. The Morgan fingerprint density at radius 1 is 0.818 bits per heavy atom. The van der Waals surface area contributed by atoms with Gasteiger partial charge in [-0.15, -0.1) is 0 Å². The maximum Gasteiger partial charge on any atom is 0.0368 e. The molecule has 3 aromatic carbocycles. The lowest BCUT2D eigenvalue weighted by Crippen LogP contribution is -2.22. The molecule has 0 amide bonds. The van der Waals surface area contributed by atoms with Crippen LogP contribution in [0.25, 0.3) is 28.0 Å². The van der Waals surface area contributed by atoms with Crippen LogP contribution in [0, 0.1) is 5.92 Å². The third-order valence-corrected chi connectivity index (χ3v) is 4.70. The van der Waals surface area contributed by atoms with Gasteiger partial charge in [0, 0.05) is 6.04 Å². The molecule has 0 aliphatic heterocycles. The average Bonchev–Trinajstić information content (AvgIpc) is 2.57. The van der Waals surface area contributed by atoms with E-state index in [1.807, 2.05) is 0 Å². The van der Waals surface area contributed by atoms with E-state index in [0.29, 0.717) is 5.92 Å². The first-order chi connectivity index (χ1) is 10.8. The molecule has 0 aromatic heterocycles. The van der Waals surface area contributed by atoms with E-state index in [1.165, 1.54) is 33.0 Å². The van der Waals surface area contributed by atoms with E-state index in [1.54, 1.807) is 0 Å². The van der Waals surface area contributed by atoms with Gasteiger partial charge < -0.3 is 5.73 Å². The minimum Gasteiger partial charge on any atom is -0.323 e. The SMILES string of the molecule is CC1C=Cc2cccc(-c3cccc4ccccc34)c2C1N. The highest BCUT2D eigenvalue weighted by atomic mass is 14.7. The number of nitrogens with two attached hydrogens (primary N) is 1. The largest absolute Gasteiger partial charge is 0.323 e. The third-order valence-electron chi connectivity index (χ3n) is 4.70. The van der Waals surface area contributed by atoms with E-state index in [4.69, 9.17) is 5.73 Å². The highest BCUT2D eigenvalue weighted by molar-refractivity contribution is 5.98. The van der Waals surface area contributed by atoms with Crippen LogP contribution < -0.4 is 5.73 Å². The van der Waals surface area contributed by atoms with Crippen molar-refractivity contribution in [2.75, 3.05) is 0 Å². The van der Waals surface area contributed by atoms with Gasteiger partial charge in [-0.05, 0) is 38.9 Å². The number of hydrogen-bond donors (Lipinski definition) is 1. The summed E-state index contributed by atoms with van der Waals surface area (Å²) in [6.45, 7) is 2.18. The van der Waals surface area contributed by atoms with Crippen molar-refractivity contribution in [2.45, 2.75) is 13.0 Å². The van der Waals surface area contributed by atoms with E-state index in [2.05, 4.69) is 79.7 Å². The Bertz CT molecular complexity index is 871. The number of hydrogen-bond acceptors (Lipinski definition) is 1. The first kappa shape index (κ1) is 13.3. The molecule has 1 aliphatic rings. The molecule has 0 saturated heterocycles. The molecule has 1 heteroatoms. The third kappa shape index (κ3) is 1.98. The molecule has 22 heavy (non-hydrogen) atoms. The Kier molecular flexibility index (Phi) is 3.09. The Balaban J connectivity index is 2.03. The summed E-state index contributed by atoms with van der Waals surface area (Å²) in [6, 6.07) is 21.6. The molecule has 0 spiro atoms. The van der Waals surface area contributed by atoms with Crippen LogP contribution in [-0.4, -0.2) is 0 Å². The standard InChI is InChI=1S/C21H19N/c1-14-12-13-16-8-5-11-19(20(16)21(14)22)18-10-4-7-15-6-2-3-9-17(15)18/h2-14,21H,22H2,1H3. The molecule has 0 radical (unpaired) electrons. The van der Waals surface area contributed by atoms with E-state index < -0.39 is 0 Å². The Morgan fingerprint density at radius 3 is 2.45 bits per heavy atom. The number of rotatable bonds is 1. The maximum absolute atomic E-state index is 6.52. The fourth-order valence-corrected chi connectivity index (χ4v) is 3.43. The van der Waals surface area contributed by atoms with Crippen molar-refractivity contribution >= 4 is 16.8 Å². The zero-order valence-corrected chi connectivity index (χ0v) is 12.7. The average molecular weight is 285 g/mol. The van der Waals surface area contributed by atoms with Gasteiger partial charge in [-0.1, -0.05) is 79.7 Å². The summed E-state index contributed by atoms with van der Waals surface area (Å²) in [6.07, 6.45) is 4.41. The van der Waals surface area contributed by atoms with Crippen LogP contribution in [-0.2, 0) is 0 Å². The van der Waals surface area contributed by atoms with E-state index in [9.17, 15) is 0 Å². The van der Waals surface area contributed by atoms with Crippen molar-refractivity contribution in [3.8, 4) is 11.1 Å². The second kappa shape index (κ2) is 5.11. The van der Waals surface area contributed by atoms with Gasteiger partial charge in [-0.2, -0.15) is 0 Å². The minimum absolute atomic E-state index is 0.0511. The fraction of sp³-hybridized carbons (Fsp3) is 0.143. The monoisotopic (exact) mass is 285 g/mol. The molecule has 4 rings (SSSR count). The van der Waals surface area contributed by atoms with Crippen LogP contribution in [0.1, 0.15) is 24.1 Å². The molecule has 0 heterocycles. The fourth-order valence-electron chi connectivity index (χ4n) is 3.43. The van der Waals surface area contributed by atoms with Crippen LogP contribution in [0.5, 0.6) is 0 Å². The van der Waals surface area contributed by atoms with Crippen molar-refractivity contribution in [3.05, 3.63) is 77.9 Å². The molecule has 2 atom stereocenters. The highest BCUT2D eigenvalue weighted by Gasteiger charge is 2.23. The molecule has 1 aliphatic carbocycles. The molecule has 1 nitrogen and oxygen atoms in total. The molecule has 0 saturated carbocycles. The normalized spacial score (nSPS) is 20.1. The van der Waals surface area contributed by atoms with Crippen LogP contribution >= 0.6 is 0 Å². The molecule has 2 unspecified atom stereocenters. The van der Waals surface area contributed by atoms with Gasteiger partial charge in [0.2, 0.25) is 0 Å². The quantitative estimate of drug-likeness (QED) is 0.656. The van der Waals surface area contributed by atoms with Gasteiger partial charge in [-0.3, -0.25) is 0 Å². The topological polar surface area (TPSA) is 26.0 Å². The van der Waals surface area contributed by atoms with Crippen LogP contribution in [0.15, 0.2) is 66.7 Å². The Labute approximate surface area is 131 Å². The second-order valence-electron chi connectivity index (χ2n) is 6.08. The summed E-state index contributed by atoms with van der Waals surface area (Å²) in [5.74, 6) is 0.364. The van der Waals surface area contributed by atoms with Crippen molar-refractivity contribution in [1.82, 2.24) is 0 Å². The lowest BCUT2D eigenvalue weighted by Gasteiger charge is -2.27. The van der Waals surface area contributed by atoms with E-state index >= 15 is 0 Å². The maximum atomic E-state index is 6.52. The van der Waals surface area contributed by atoms with Gasteiger partial charge in [-0.25, -0.2) is 0 Å². The number of fused-ring (bicyclic) bond motifs is 2. The lowest BCUT2D eigenvalue weighted by atomic mass is 9.81. The van der Waals surface area contributed by atoms with Gasteiger partial charge in [0.1, 0.15) is 0 Å². The molecule has 3 aromatic rings. The number of benzene rings is 3. The predicted octanol–water partition coefficient (Wildman–Crippen LogP) is 5.17. The van der Waals surface area contributed by atoms with Crippen molar-refractivity contribution in [1.29, 1.82) is 0 Å². The minimum atomic E-state index is 0.0511. The highest BCUT2D eigenvalue weighted by Crippen LogP contribution is 2.39. The van der Waals surface area contributed by atoms with Crippen LogP contribution in [0.2, 0.25) is 0 Å². The molecule has 0 fully saturated rings. The first-order valence-corrected chi connectivity index (χ1v) is 7.80. The smallest absolute Gasteiger partial charge is 0.0368 e. The summed E-state index contributed by atoms with van der Waals surface area (Å²) >= 11 is 0. The molecular formula is C21H19N. The molecule has 108 valence electrons. The van der Waals surface area contributed by atoms with Crippen LogP contribution in [0.3, 0.4) is 0 Å². The molecule has 0 bridgehead atoms. The Morgan fingerprint density at radius 2 is 1.55 bits per heavy atom. The van der Waals surface area contributed by atoms with Crippen molar-refractivity contribution in [2.24, 2.45) is 11.7 Å². The summed E-state index contributed by atoms with van der Waals surface area (Å²) in [5.41, 5.74) is 11.6. The van der Waals surface area contributed by atoms with E-state index in [0.717, 1.165) is 0 Å². The van der Waals surface area contributed by atoms with Gasteiger partial charge >= 0.3 is 0 Å².